The Morgan fingerprint density at radius 3 is 2.76 bits per heavy atom. The molecule has 1 fully saturated rings. The number of ether oxygens (including phenoxy) is 1. The van der Waals surface area contributed by atoms with Crippen LogP contribution >= 0.6 is 11.6 Å². The van der Waals surface area contributed by atoms with E-state index in [1.165, 1.54) is 18.4 Å². The Kier molecular flexibility index (Phi) is 4.13. The molecular weight excluding hydrogens is 284 g/mol. The molecule has 1 N–H and O–H groups in total. The predicted molar refractivity (Wildman–Crippen MR) is 85.1 cm³/mol. The topological polar surface area (TPSA) is 34.1 Å². The van der Waals surface area contributed by atoms with Gasteiger partial charge in [-0.3, -0.25) is 0 Å². The fourth-order valence-electron chi connectivity index (χ4n) is 2.16. The first kappa shape index (κ1) is 14.4. The molecule has 0 aliphatic heterocycles. The molecule has 1 aromatic heterocycles. The lowest BCUT2D eigenvalue weighted by Crippen LogP contribution is -2.15. The van der Waals surface area contributed by atoms with Gasteiger partial charge in [-0.05, 0) is 56.0 Å². The van der Waals surface area contributed by atoms with Gasteiger partial charge in [-0.15, -0.1) is 0 Å². The molecular formula is C17H19ClN2O. The molecule has 4 heteroatoms. The lowest BCUT2D eigenvalue weighted by atomic mass is 10.2. The molecule has 2 aromatic rings. The van der Waals surface area contributed by atoms with Gasteiger partial charge in [0.05, 0.1) is 0 Å². The van der Waals surface area contributed by atoms with Crippen molar-refractivity contribution in [1.82, 2.24) is 10.3 Å². The molecule has 3 nitrogen and oxygen atoms in total. The predicted octanol–water partition coefficient (Wildman–Crippen LogP) is 4.40. The summed E-state index contributed by atoms with van der Waals surface area (Å²) in [6, 6.07) is 8.45. The Balaban J connectivity index is 1.74. The van der Waals surface area contributed by atoms with Crippen LogP contribution in [0.15, 0.2) is 30.5 Å². The lowest BCUT2D eigenvalue weighted by Gasteiger charge is -2.11. The third kappa shape index (κ3) is 3.74. The summed E-state index contributed by atoms with van der Waals surface area (Å²) in [5, 5.41) is 4.15. The van der Waals surface area contributed by atoms with Gasteiger partial charge in [0.25, 0.3) is 0 Å². The second-order valence-corrected chi connectivity index (χ2v) is 6.07. The Bertz CT molecular complexity index is 653. The number of hydrogen-bond donors (Lipinski definition) is 1. The molecule has 21 heavy (non-hydrogen) atoms. The average molecular weight is 303 g/mol. The molecule has 0 unspecified atom stereocenters. The van der Waals surface area contributed by atoms with E-state index in [0.29, 0.717) is 16.9 Å². The summed E-state index contributed by atoms with van der Waals surface area (Å²) in [5.41, 5.74) is 3.26. The van der Waals surface area contributed by atoms with Crippen LogP contribution in [0.1, 0.15) is 29.5 Å². The molecule has 0 saturated heterocycles. The SMILES string of the molecule is Cc1ccc(Cl)cc1Oc1ncc(CNC2CC2)cc1C. The van der Waals surface area contributed by atoms with Crippen molar-refractivity contribution in [2.75, 3.05) is 0 Å². The summed E-state index contributed by atoms with van der Waals surface area (Å²) >= 11 is 6.02. The quantitative estimate of drug-likeness (QED) is 0.889. The van der Waals surface area contributed by atoms with E-state index in [2.05, 4.69) is 16.4 Å². The van der Waals surface area contributed by atoms with Crippen molar-refractivity contribution in [2.24, 2.45) is 0 Å². The largest absolute Gasteiger partial charge is 0.438 e. The third-order valence-electron chi connectivity index (χ3n) is 3.62. The maximum atomic E-state index is 6.02. The standard InChI is InChI=1S/C17H19ClN2O/c1-11-3-4-14(18)8-16(11)21-17-12(2)7-13(10-20-17)9-19-15-5-6-15/h3-4,7-8,10,15,19H,5-6,9H2,1-2H3. The number of nitrogens with one attached hydrogen (secondary N) is 1. The molecule has 0 amide bonds. The highest BCUT2D eigenvalue weighted by molar-refractivity contribution is 6.30. The minimum Gasteiger partial charge on any atom is -0.438 e. The monoisotopic (exact) mass is 302 g/mol. The first-order valence-electron chi connectivity index (χ1n) is 7.25. The van der Waals surface area contributed by atoms with Crippen molar-refractivity contribution in [2.45, 2.75) is 39.3 Å². The van der Waals surface area contributed by atoms with Gasteiger partial charge < -0.3 is 10.1 Å². The second-order valence-electron chi connectivity index (χ2n) is 5.63. The zero-order valence-electron chi connectivity index (χ0n) is 12.3. The van der Waals surface area contributed by atoms with Crippen molar-refractivity contribution < 1.29 is 4.74 Å². The Hall–Kier alpha value is -1.58. The van der Waals surface area contributed by atoms with Gasteiger partial charge >= 0.3 is 0 Å². The summed E-state index contributed by atoms with van der Waals surface area (Å²) in [6.07, 6.45) is 4.46. The van der Waals surface area contributed by atoms with Gasteiger partial charge in [0.1, 0.15) is 5.75 Å². The van der Waals surface area contributed by atoms with E-state index in [0.717, 1.165) is 23.4 Å². The van der Waals surface area contributed by atoms with E-state index in [4.69, 9.17) is 16.3 Å². The minimum absolute atomic E-state index is 0.635. The van der Waals surface area contributed by atoms with Crippen LogP contribution in [0.2, 0.25) is 5.02 Å². The van der Waals surface area contributed by atoms with Crippen molar-refractivity contribution >= 4 is 11.6 Å². The smallest absolute Gasteiger partial charge is 0.222 e. The summed E-state index contributed by atoms with van der Waals surface area (Å²) in [6.45, 7) is 4.88. The molecule has 110 valence electrons. The molecule has 1 saturated carbocycles. The van der Waals surface area contributed by atoms with Crippen LogP contribution < -0.4 is 10.1 Å². The Morgan fingerprint density at radius 2 is 2.05 bits per heavy atom. The van der Waals surface area contributed by atoms with Crippen LogP contribution in [0.4, 0.5) is 0 Å². The van der Waals surface area contributed by atoms with Crippen LogP contribution in [-0.2, 0) is 6.54 Å². The fourth-order valence-corrected chi connectivity index (χ4v) is 2.32. The highest BCUT2D eigenvalue weighted by Crippen LogP contribution is 2.29. The number of aryl methyl sites for hydroxylation is 2. The van der Waals surface area contributed by atoms with E-state index < -0.39 is 0 Å². The van der Waals surface area contributed by atoms with Crippen molar-refractivity contribution in [3.63, 3.8) is 0 Å². The van der Waals surface area contributed by atoms with Crippen LogP contribution in [0.25, 0.3) is 0 Å². The second kappa shape index (κ2) is 6.04. The molecule has 1 aromatic carbocycles. The summed E-state index contributed by atoms with van der Waals surface area (Å²) in [5.74, 6) is 1.39. The highest BCUT2D eigenvalue weighted by atomic mass is 35.5. The van der Waals surface area contributed by atoms with Crippen LogP contribution in [0.5, 0.6) is 11.6 Å². The van der Waals surface area contributed by atoms with Gasteiger partial charge in [-0.2, -0.15) is 0 Å². The Morgan fingerprint density at radius 1 is 1.24 bits per heavy atom. The van der Waals surface area contributed by atoms with E-state index in [9.17, 15) is 0 Å². The minimum atomic E-state index is 0.635. The number of pyridine rings is 1. The van der Waals surface area contributed by atoms with Gasteiger partial charge in [0, 0.05) is 29.4 Å². The summed E-state index contributed by atoms with van der Waals surface area (Å²) in [4.78, 5) is 4.44. The Labute approximate surface area is 130 Å². The van der Waals surface area contributed by atoms with E-state index >= 15 is 0 Å². The number of aromatic nitrogens is 1. The van der Waals surface area contributed by atoms with E-state index in [1.54, 1.807) is 0 Å². The van der Waals surface area contributed by atoms with Crippen LogP contribution in [0.3, 0.4) is 0 Å². The summed E-state index contributed by atoms with van der Waals surface area (Å²) in [7, 11) is 0. The van der Waals surface area contributed by atoms with Crippen molar-refractivity contribution in [3.8, 4) is 11.6 Å². The molecule has 1 aliphatic rings. The van der Waals surface area contributed by atoms with Gasteiger partial charge in [-0.25, -0.2) is 4.98 Å². The number of hydrogen-bond acceptors (Lipinski definition) is 3. The molecule has 3 rings (SSSR count). The third-order valence-corrected chi connectivity index (χ3v) is 3.85. The normalized spacial score (nSPS) is 14.2. The molecule has 0 atom stereocenters. The molecule has 0 bridgehead atoms. The summed E-state index contributed by atoms with van der Waals surface area (Å²) < 4.78 is 5.90. The first-order chi connectivity index (χ1) is 10.1. The van der Waals surface area contributed by atoms with Crippen LogP contribution in [0, 0.1) is 13.8 Å². The molecule has 0 spiro atoms. The maximum absolute atomic E-state index is 6.02. The zero-order valence-corrected chi connectivity index (χ0v) is 13.1. The van der Waals surface area contributed by atoms with Crippen molar-refractivity contribution in [3.05, 3.63) is 52.2 Å². The molecule has 1 heterocycles. The van der Waals surface area contributed by atoms with E-state index in [-0.39, 0.29) is 0 Å². The first-order valence-corrected chi connectivity index (χ1v) is 7.62. The van der Waals surface area contributed by atoms with Crippen molar-refractivity contribution in [1.29, 1.82) is 0 Å². The number of benzene rings is 1. The van der Waals surface area contributed by atoms with Gasteiger partial charge in [0.2, 0.25) is 5.88 Å². The highest BCUT2D eigenvalue weighted by Gasteiger charge is 2.20. The average Bonchev–Trinajstić information content (AvgIpc) is 3.27. The lowest BCUT2D eigenvalue weighted by molar-refractivity contribution is 0.455. The maximum Gasteiger partial charge on any atom is 0.222 e. The number of rotatable bonds is 5. The zero-order chi connectivity index (χ0) is 14.8. The molecule has 0 radical (unpaired) electrons. The van der Waals surface area contributed by atoms with Gasteiger partial charge in [-0.1, -0.05) is 17.7 Å². The number of nitrogens with zero attached hydrogens (tertiary/aromatic N) is 1. The number of halogens is 1. The molecule has 1 aliphatic carbocycles. The van der Waals surface area contributed by atoms with Crippen LogP contribution in [-0.4, -0.2) is 11.0 Å². The fraction of sp³-hybridized carbons (Fsp3) is 0.353. The van der Waals surface area contributed by atoms with Gasteiger partial charge in [0.15, 0.2) is 0 Å². The van der Waals surface area contributed by atoms with E-state index in [1.807, 2.05) is 38.2 Å².